The number of ether oxygens (including phenoxy) is 4. The van der Waals surface area contributed by atoms with Crippen LogP contribution in [0.25, 0.3) is 0 Å². The van der Waals surface area contributed by atoms with Crippen molar-refractivity contribution in [3.63, 3.8) is 0 Å². The molecule has 0 saturated heterocycles. The van der Waals surface area contributed by atoms with Crippen molar-refractivity contribution < 1.29 is 42.9 Å². The predicted octanol–water partition coefficient (Wildman–Crippen LogP) is 21.9. The zero-order chi connectivity index (χ0) is 63.3. The van der Waals surface area contributed by atoms with E-state index in [9.17, 15) is 19.5 Å². The summed E-state index contributed by atoms with van der Waals surface area (Å²) in [5.41, 5.74) is 0. The summed E-state index contributed by atoms with van der Waals surface area (Å²) in [5, 5.41) is 9.74. The summed E-state index contributed by atoms with van der Waals surface area (Å²) < 4.78 is 22.9. The Labute approximate surface area is 534 Å². The minimum Gasteiger partial charge on any atom is -0.477 e. The van der Waals surface area contributed by atoms with Gasteiger partial charge in [0.15, 0.2) is 6.10 Å². The number of aliphatic carboxylic acids is 1. The smallest absolute Gasteiger partial charge is 0.361 e. The predicted molar refractivity (Wildman–Crippen MR) is 373 cm³/mol. The molecule has 0 fully saturated rings. The van der Waals surface area contributed by atoms with E-state index in [0.29, 0.717) is 17.4 Å². The van der Waals surface area contributed by atoms with E-state index in [1.807, 2.05) is 21.1 Å². The molecular weight excluding hydrogens is 1080 g/mol. The summed E-state index contributed by atoms with van der Waals surface area (Å²) >= 11 is 0. The number of allylic oxidation sites excluding steroid dienone is 24. The van der Waals surface area contributed by atoms with Crippen LogP contribution in [0.2, 0.25) is 0 Å². The monoisotopic (exact) mass is 1210 g/mol. The molecule has 0 aliphatic rings. The molecule has 87 heavy (non-hydrogen) atoms. The molecule has 0 bridgehead atoms. The van der Waals surface area contributed by atoms with Crippen molar-refractivity contribution in [1.82, 2.24) is 0 Å². The topological polar surface area (TPSA) is 108 Å². The zero-order valence-electron chi connectivity index (χ0n) is 56.4. The number of esters is 2. The standard InChI is InChI=1S/C78H129NO8/c1-6-8-10-12-14-16-18-20-22-24-26-28-30-31-32-33-34-35-36-37-38-39-40-41-42-43-44-45-47-49-51-53-55-57-59-61-63-65-67-69-76(81)87-74(73-86-78(77(82)83)84-71-70-79(3,4)5)72-85-75(80)68-66-64-62-60-58-56-54-52-50-48-46-29-27-25-23-21-19-17-15-13-11-9-7-2/h8,10,14,16,20,22,26,28,31-32,34-35,37-38,40-41,43-44,47,49,53,55,59,61,74,78H,6-7,9,11-13,15,17-19,21,23-25,27,29-30,33,36,39,42,45-46,48,50-52,54,56-58,60,62-73H2,1-5H3/p+1/b10-8-,16-14-,22-20-,28-26-,32-31-,35-34-,38-37-,41-40-,44-43-,49-47-,55-53-,61-59-. The van der Waals surface area contributed by atoms with Gasteiger partial charge in [0.2, 0.25) is 0 Å². The number of likely N-dealkylation sites (N-methyl/N-ethyl adjacent to an activating group) is 1. The molecule has 0 aromatic heterocycles. The molecule has 0 aromatic rings. The Morgan fingerprint density at radius 1 is 0.356 bits per heavy atom. The highest BCUT2D eigenvalue weighted by Gasteiger charge is 2.25. The second-order valence-corrected chi connectivity index (χ2v) is 24.1. The van der Waals surface area contributed by atoms with E-state index in [2.05, 4.69) is 160 Å². The van der Waals surface area contributed by atoms with Crippen LogP contribution in [0.5, 0.6) is 0 Å². The SMILES string of the molecule is CC/C=C\C/C=C\C/C=C\C/C=C\C/C=C\C/C=C\C/C=C\C/C=C\C/C=C\C/C=C\C/C=C\C/C=C\CCCCC(=O)OC(COC(=O)CCCCCCCCCCCCCCCCCCCCCCCCC)COC(OCC[N+](C)(C)C)C(=O)O. The van der Waals surface area contributed by atoms with Crippen LogP contribution in [0.1, 0.15) is 271 Å². The molecule has 494 valence electrons. The molecule has 2 atom stereocenters. The lowest BCUT2D eigenvalue weighted by atomic mass is 10.0. The molecular formula is C78H130NO8+. The van der Waals surface area contributed by atoms with Crippen LogP contribution in [0.15, 0.2) is 146 Å². The number of hydrogen-bond acceptors (Lipinski definition) is 7. The van der Waals surface area contributed by atoms with Crippen molar-refractivity contribution in [3.8, 4) is 0 Å². The molecule has 0 amide bonds. The third-order valence-electron chi connectivity index (χ3n) is 14.6. The van der Waals surface area contributed by atoms with E-state index >= 15 is 0 Å². The molecule has 0 rings (SSSR count). The molecule has 9 nitrogen and oxygen atoms in total. The minimum atomic E-state index is -1.53. The number of nitrogens with zero attached hydrogens (tertiary/aromatic N) is 1. The maximum atomic E-state index is 12.9. The number of rotatable bonds is 63. The number of quaternary nitrogens is 1. The van der Waals surface area contributed by atoms with Gasteiger partial charge in [-0.15, -0.1) is 0 Å². The summed E-state index contributed by atoms with van der Waals surface area (Å²) in [6, 6.07) is 0. The highest BCUT2D eigenvalue weighted by atomic mass is 16.7. The van der Waals surface area contributed by atoms with E-state index < -0.39 is 24.3 Å². The van der Waals surface area contributed by atoms with Crippen LogP contribution in [0.4, 0.5) is 0 Å². The van der Waals surface area contributed by atoms with E-state index in [4.69, 9.17) is 18.9 Å². The van der Waals surface area contributed by atoms with Crippen LogP contribution >= 0.6 is 0 Å². The van der Waals surface area contributed by atoms with Gasteiger partial charge in [-0.2, -0.15) is 0 Å². The molecule has 0 saturated carbocycles. The summed E-state index contributed by atoms with van der Waals surface area (Å²) in [5.74, 6) is -2.07. The number of carbonyl (C=O) groups excluding carboxylic acids is 2. The first-order valence-corrected chi connectivity index (χ1v) is 35.0. The van der Waals surface area contributed by atoms with Crippen LogP contribution in [0, 0.1) is 0 Å². The zero-order valence-corrected chi connectivity index (χ0v) is 56.4. The fraction of sp³-hybridized carbons (Fsp3) is 0.654. The van der Waals surface area contributed by atoms with Gasteiger partial charge in [0, 0.05) is 12.8 Å². The summed E-state index contributed by atoms with van der Waals surface area (Å²) in [7, 11) is 5.95. The molecule has 0 aliphatic heterocycles. The van der Waals surface area contributed by atoms with Gasteiger partial charge in [0.05, 0.1) is 34.4 Å². The van der Waals surface area contributed by atoms with Gasteiger partial charge in [0.1, 0.15) is 13.2 Å². The first-order valence-electron chi connectivity index (χ1n) is 35.0. The number of carboxylic acids is 1. The van der Waals surface area contributed by atoms with Crippen molar-refractivity contribution in [2.75, 3.05) is 47.5 Å². The minimum absolute atomic E-state index is 0.173. The molecule has 9 heteroatoms. The highest BCUT2D eigenvalue weighted by molar-refractivity contribution is 5.71. The maximum Gasteiger partial charge on any atom is 0.361 e. The van der Waals surface area contributed by atoms with Crippen LogP contribution in [-0.4, -0.2) is 87.4 Å². The van der Waals surface area contributed by atoms with Gasteiger partial charge in [-0.1, -0.05) is 301 Å². The molecule has 0 aliphatic carbocycles. The molecule has 2 unspecified atom stereocenters. The third kappa shape index (κ3) is 68.5. The highest BCUT2D eigenvalue weighted by Crippen LogP contribution is 2.17. The van der Waals surface area contributed by atoms with E-state index in [1.54, 1.807) is 0 Å². The van der Waals surface area contributed by atoms with Crippen LogP contribution in [0.3, 0.4) is 0 Å². The van der Waals surface area contributed by atoms with Crippen molar-refractivity contribution in [2.24, 2.45) is 0 Å². The fourth-order valence-corrected chi connectivity index (χ4v) is 9.29. The number of carbonyl (C=O) groups is 3. The van der Waals surface area contributed by atoms with Crippen molar-refractivity contribution in [1.29, 1.82) is 0 Å². The second-order valence-electron chi connectivity index (χ2n) is 24.1. The lowest BCUT2D eigenvalue weighted by molar-refractivity contribution is -0.870. The third-order valence-corrected chi connectivity index (χ3v) is 14.6. The average Bonchev–Trinajstić information content (AvgIpc) is 3.55. The van der Waals surface area contributed by atoms with Gasteiger partial charge in [-0.3, -0.25) is 9.59 Å². The van der Waals surface area contributed by atoms with Crippen LogP contribution in [-0.2, 0) is 33.3 Å². The average molecular weight is 1210 g/mol. The Kier molecular flexibility index (Phi) is 63.4. The van der Waals surface area contributed by atoms with E-state index in [-0.39, 0.29) is 38.6 Å². The number of unbranched alkanes of at least 4 members (excludes halogenated alkanes) is 24. The fourth-order valence-electron chi connectivity index (χ4n) is 9.29. The maximum absolute atomic E-state index is 12.9. The Morgan fingerprint density at radius 3 is 0.977 bits per heavy atom. The molecule has 1 N–H and O–H groups in total. The number of hydrogen-bond donors (Lipinski definition) is 1. The normalized spacial score (nSPS) is 13.6. The first kappa shape index (κ1) is 82.2. The van der Waals surface area contributed by atoms with Crippen molar-refractivity contribution >= 4 is 17.9 Å². The summed E-state index contributed by atoms with van der Waals surface area (Å²) in [4.78, 5) is 37.6. The summed E-state index contributed by atoms with van der Waals surface area (Å²) in [6.45, 7) is 4.73. The molecule has 0 heterocycles. The Morgan fingerprint density at radius 2 is 0.655 bits per heavy atom. The Hall–Kier alpha value is -4.83. The lowest BCUT2D eigenvalue weighted by Crippen LogP contribution is -2.40. The Balaban J connectivity index is 4.26. The largest absolute Gasteiger partial charge is 0.477 e. The van der Waals surface area contributed by atoms with Gasteiger partial charge in [0.25, 0.3) is 6.29 Å². The van der Waals surface area contributed by atoms with Gasteiger partial charge in [-0.05, 0) is 103 Å². The van der Waals surface area contributed by atoms with Crippen molar-refractivity contribution in [2.45, 2.75) is 283 Å². The lowest BCUT2D eigenvalue weighted by Gasteiger charge is -2.25. The van der Waals surface area contributed by atoms with Crippen molar-refractivity contribution in [3.05, 3.63) is 146 Å². The number of carboxylic acid groups (broad SMARTS) is 1. The molecule has 0 aromatic carbocycles. The molecule has 0 radical (unpaired) electrons. The van der Waals surface area contributed by atoms with E-state index in [0.717, 1.165) is 109 Å². The molecule has 0 spiro atoms. The second kappa shape index (κ2) is 67.1. The summed E-state index contributed by atoms with van der Waals surface area (Å²) in [6.07, 6.45) is 95.3. The van der Waals surface area contributed by atoms with E-state index in [1.165, 1.54) is 128 Å². The quantitative estimate of drug-likeness (QED) is 0.0211. The van der Waals surface area contributed by atoms with Gasteiger partial charge < -0.3 is 28.5 Å². The van der Waals surface area contributed by atoms with Gasteiger partial charge >= 0.3 is 17.9 Å². The Bertz CT molecular complexity index is 1940. The first-order chi connectivity index (χ1) is 42.6. The van der Waals surface area contributed by atoms with Crippen LogP contribution < -0.4 is 0 Å². The van der Waals surface area contributed by atoms with Gasteiger partial charge in [-0.25, -0.2) is 4.79 Å².